The van der Waals surface area contributed by atoms with Crippen molar-refractivity contribution in [3.63, 3.8) is 0 Å². The number of carbonyl (C=O) groups is 1. The Bertz CT molecular complexity index is 761. The van der Waals surface area contributed by atoms with Crippen molar-refractivity contribution in [2.45, 2.75) is 11.9 Å². The smallest absolute Gasteiger partial charge is 0.322 e. The zero-order valence-corrected chi connectivity index (χ0v) is 13.9. The molecule has 122 valence electrons. The quantitative estimate of drug-likeness (QED) is 0.450. The number of anilines is 1. The first-order valence-electron chi connectivity index (χ1n) is 6.06. The predicted molar refractivity (Wildman–Crippen MR) is 83.4 cm³/mol. The van der Waals surface area contributed by atoms with E-state index in [1.54, 1.807) is 0 Å². The van der Waals surface area contributed by atoms with Gasteiger partial charge in [-0.05, 0) is 28.9 Å². The molecule has 1 heterocycles. The number of amides is 1. The lowest BCUT2D eigenvalue weighted by Crippen LogP contribution is -2.15. The molecule has 11 heteroatoms. The van der Waals surface area contributed by atoms with Gasteiger partial charge in [0.2, 0.25) is 5.91 Å². The van der Waals surface area contributed by atoms with Crippen LogP contribution in [-0.4, -0.2) is 26.8 Å². The van der Waals surface area contributed by atoms with Crippen LogP contribution in [0.25, 0.3) is 0 Å². The third-order valence-electron chi connectivity index (χ3n) is 2.68. The SMILES string of the molecule is Cc1[nH]nc(SCC(=O)Nc2c(F)cc(F)cc2Br)c1[N+](=O)[O-]. The van der Waals surface area contributed by atoms with Gasteiger partial charge in [-0.3, -0.25) is 20.0 Å². The number of hydrogen-bond donors (Lipinski definition) is 2. The molecule has 2 N–H and O–H groups in total. The number of halogens is 3. The maximum absolute atomic E-state index is 13.6. The molecule has 0 saturated heterocycles. The normalized spacial score (nSPS) is 10.6. The lowest BCUT2D eigenvalue weighted by molar-refractivity contribution is -0.388. The first-order valence-corrected chi connectivity index (χ1v) is 7.84. The number of aryl methyl sites for hydroxylation is 1. The van der Waals surface area contributed by atoms with Gasteiger partial charge in [-0.25, -0.2) is 8.78 Å². The van der Waals surface area contributed by atoms with Crippen molar-refractivity contribution in [2.75, 3.05) is 11.1 Å². The molecule has 2 rings (SSSR count). The first-order chi connectivity index (χ1) is 10.8. The number of H-pyrrole nitrogens is 1. The average Bonchev–Trinajstić information content (AvgIpc) is 2.81. The van der Waals surface area contributed by atoms with Gasteiger partial charge in [0.05, 0.1) is 16.4 Å². The van der Waals surface area contributed by atoms with Gasteiger partial charge in [-0.1, -0.05) is 11.8 Å². The van der Waals surface area contributed by atoms with Crippen molar-refractivity contribution in [2.24, 2.45) is 0 Å². The van der Waals surface area contributed by atoms with Gasteiger partial charge in [-0.15, -0.1) is 0 Å². The Hall–Kier alpha value is -2.01. The molecule has 0 bridgehead atoms. The fourth-order valence-electron chi connectivity index (χ4n) is 1.69. The highest BCUT2D eigenvalue weighted by Crippen LogP contribution is 2.30. The fourth-order valence-corrected chi connectivity index (χ4v) is 3.01. The third-order valence-corrected chi connectivity index (χ3v) is 4.27. The van der Waals surface area contributed by atoms with Gasteiger partial charge in [0, 0.05) is 10.5 Å². The monoisotopic (exact) mass is 406 g/mol. The van der Waals surface area contributed by atoms with Gasteiger partial charge >= 0.3 is 5.69 Å². The molecular formula is C12H9BrF2N4O3S. The van der Waals surface area contributed by atoms with Crippen LogP contribution in [0.15, 0.2) is 21.6 Å². The summed E-state index contributed by atoms with van der Waals surface area (Å²) in [6.07, 6.45) is 0. The molecule has 0 unspecified atom stereocenters. The summed E-state index contributed by atoms with van der Waals surface area (Å²) < 4.78 is 26.6. The van der Waals surface area contributed by atoms with Crippen LogP contribution in [0.5, 0.6) is 0 Å². The number of aromatic nitrogens is 2. The van der Waals surface area contributed by atoms with Crippen LogP contribution in [0.2, 0.25) is 0 Å². The Morgan fingerprint density at radius 2 is 2.22 bits per heavy atom. The predicted octanol–water partition coefficient (Wildman–Crippen LogP) is 3.40. The molecule has 0 atom stereocenters. The fraction of sp³-hybridized carbons (Fsp3) is 0.167. The van der Waals surface area contributed by atoms with E-state index >= 15 is 0 Å². The third kappa shape index (κ3) is 4.05. The van der Waals surface area contributed by atoms with E-state index in [-0.39, 0.29) is 32.3 Å². The Labute approximate surface area is 141 Å². The second kappa shape index (κ2) is 7.04. The summed E-state index contributed by atoms with van der Waals surface area (Å²) in [7, 11) is 0. The van der Waals surface area contributed by atoms with Crippen molar-refractivity contribution in [1.29, 1.82) is 0 Å². The highest BCUT2D eigenvalue weighted by molar-refractivity contribution is 9.10. The molecule has 0 spiro atoms. The molecule has 0 fully saturated rings. The first kappa shape index (κ1) is 17.3. The van der Waals surface area contributed by atoms with E-state index in [1.165, 1.54) is 6.92 Å². The Morgan fingerprint density at radius 3 is 2.83 bits per heavy atom. The highest BCUT2D eigenvalue weighted by atomic mass is 79.9. The number of nitrogens with zero attached hydrogens (tertiary/aromatic N) is 2. The van der Waals surface area contributed by atoms with Crippen LogP contribution in [-0.2, 0) is 4.79 Å². The molecular weight excluding hydrogens is 398 g/mol. The number of hydrogen-bond acceptors (Lipinski definition) is 5. The van der Waals surface area contributed by atoms with Crippen molar-refractivity contribution in [3.05, 3.63) is 44.0 Å². The van der Waals surface area contributed by atoms with Crippen LogP contribution < -0.4 is 5.32 Å². The standard InChI is InChI=1S/C12H9BrF2N4O3S/c1-5-11(19(21)22)12(18-17-5)23-4-9(20)16-10-7(13)2-6(14)3-8(10)15/h2-3H,4H2,1H3,(H,16,20)(H,17,18). The Kier molecular flexibility index (Phi) is 5.31. The average molecular weight is 407 g/mol. The van der Waals surface area contributed by atoms with Gasteiger partial charge in [0.25, 0.3) is 0 Å². The summed E-state index contributed by atoms with van der Waals surface area (Å²) in [6.45, 7) is 1.49. The maximum atomic E-state index is 13.6. The molecule has 0 radical (unpaired) electrons. The topological polar surface area (TPSA) is 101 Å². The number of aromatic amines is 1. The van der Waals surface area contributed by atoms with Gasteiger partial charge in [-0.2, -0.15) is 5.10 Å². The van der Waals surface area contributed by atoms with Crippen molar-refractivity contribution >= 4 is 45.0 Å². The zero-order chi connectivity index (χ0) is 17.1. The second-order valence-corrected chi connectivity index (χ2v) is 6.16. The van der Waals surface area contributed by atoms with Crippen molar-refractivity contribution in [3.8, 4) is 0 Å². The summed E-state index contributed by atoms with van der Waals surface area (Å²) in [5, 5.41) is 19.4. The Morgan fingerprint density at radius 1 is 1.52 bits per heavy atom. The molecule has 0 aliphatic carbocycles. The summed E-state index contributed by atoms with van der Waals surface area (Å²) >= 11 is 3.78. The van der Waals surface area contributed by atoms with Crippen molar-refractivity contribution in [1.82, 2.24) is 10.2 Å². The van der Waals surface area contributed by atoms with E-state index in [2.05, 4.69) is 31.4 Å². The minimum absolute atomic E-state index is 0.0509. The molecule has 0 aliphatic heterocycles. The summed E-state index contributed by atoms with van der Waals surface area (Å²) in [5.41, 5.74) is -0.146. The number of thioether (sulfide) groups is 1. The molecule has 0 saturated carbocycles. The van der Waals surface area contributed by atoms with Gasteiger partial charge in [0.1, 0.15) is 11.5 Å². The summed E-state index contributed by atoms with van der Waals surface area (Å²) in [6, 6.07) is 1.64. The lowest BCUT2D eigenvalue weighted by atomic mass is 10.3. The van der Waals surface area contributed by atoms with Crippen LogP contribution >= 0.6 is 27.7 Å². The molecule has 1 amide bonds. The minimum Gasteiger partial charge on any atom is -0.322 e. The molecule has 1 aromatic heterocycles. The zero-order valence-electron chi connectivity index (χ0n) is 11.5. The molecule has 0 aliphatic rings. The minimum atomic E-state index is -0.934. The number of nitrogens with one attached hydrogen (secondary N) is 2. The van der Waals surface area contributed by atoms with E-state index in [1.807, 2.05) is 0 Å². The summed E-state index contributed by atoms with van der Waals surface area (Å²) in [4.78, 5) is 22.1. The van der Waals surface area contributed by atoms with E-state index in [0.29, 0.717) is 6.07 Å². The van der Waals surface area contributed by atoms with Crippen molar-refractivity contribution < 1.29 is 18.5 Å². The van der Waals surface area contributed by atoms with E-state index < -0.39 is 22.5 Å². The highest BCUT2D eigenvalue weighted by Gasteiger charge is 2.23. The van der Waals surface area contributed by atoms with Crippen LogP contribution in [0.3, 0.4) is 0 Å². The molecule has 1 aromatic carbocycles. The van der Waals surface area contributed by atoms with E-state index in [0.717, 1.165) is 17.8 Å². The number of rotatable bonds is 5. The van der Waals surface area contributed by atoms with Gasteiger partial charge < -0.3 is 5.32 Å². The van der Waals surface area contributed by atoms with Crippen LogP contribution in [0.4, 0.5) is 20.2 Å². The number of carbonyl (C=O) groups excluding carboxylic acids is 1. The van der Waals surface area contributed by atoms with Gasteiger partial charge in [0.15, 0.2) is 10.8 Å². The number of benzene rings is 1. The van der Waals surface area contributed by atoms with E-state index in [9.17, 15) is 23.7 Å². The number of nitro groups is 1. The van der Waals surface area contributed by atoms with Crippen LogP contribution in [0.1, 0.15) is 5.69 Å². The van der Waals surface area contributed by atoms with E-state index in [4.69, 9.17) is 0 Å². The Balaban J connectivity index is 2.06. The molecule has 2 aromatic rings. The maximum Gasteiger partial charge on any atom is 0.323 e. The molecule has 23 heavy (non-hydrogen) atoms. The molecule has 7 nitrogen and oxygen atoms in total. The van der Waals surface area contributed by atoms with Crippen LogP contribution in [0, 0.1) is 28.7 Å². The largest absolute Gasteiger partial charge is 0.323 e. The summed E-state index contributed by atoms with van der Waals surface area (Å²) in [5.74, 6) is -2.56. The second-order valence-electron chi connectivity index (χ2n) is 4.34. The lowest BCUT2D eigenvalue weighted by Gasteiger charge is -2.08.